The van der Waals surface area contributed by atoms with Gasteiger partial charge in [0.15, 0.2) is 0 Å². The highest BCUT2D eigenvalue weighted by atomic mass is 35.5. The van der Waals surface area contributed by atoms with Crippen molar-refractivity contribution in [3.8, 4) is 0 Å². The first kappa shape index (κ1) is 22.8. The maximum atomic E-state index is 13.0. The number of carbonyl (C=O) groups is 1. The molecule has 0 saturated heterocycles. The fraction of sp³-hybridized carbons (Fsp3) is 0.273. The average Bonchev–Trinajstić information content (AvgIpc) is 3.07. The molecule has 3 rings (SSSR count). The Morgan fingerprint density at radius 1 is 1.13 bits per heavy atom. The van der Waals surface area contributed by atoms with Gasteiger partial charge in [-0.05, 0) is 62.7 Å². The number of benzene rings is 2. The molecule has 0 aliphatic heterocycles. The standard InChI is InChI=1S/C22H25ClN4O3S/c1-16-13-17(2)27(25-16)12-6-11-24-22(28)18-7-4-10-21(14-18)31(29,30)26(3)20-9-5-8-19(23)15-20/h4-5,7-10,13-15H,6,11-12H2,1-3H3,(H,24,28). The summed E-state index contributed by atoms with van der Waals surface area (Å²) in [5.74, 6) is -0.323. The van der Waals surface area contributed by atoms with E-state index in [9.17, 15) is 13.2 Å². The molecular weight excluding hydrogens is 436 g/mol. The fourth-order valence-electron chi connectivity index (χ4n) is 3.20. The molecule has 0 radical (unpaired) electrons. The van der Waals surface area contributed by atoms with E-state index in [0.29, 0.717) is 30.2 Å². The predicted molar refractivity (Wildman–Crippen MR) is 122 cm³/mol. The molecule has 1 amide bonds. The van der Waals surface area contributed by atoms with E-state index >= 15 is 0 Å². The number of halogens is 1. The number of nitrogens with one attached hydrogen (secondary N) is 1. The van der Waals surface area contributed by atoms with Crippen LogP contribution in [-0.2, 0) is 16.6 Å². The lowest BCUT2D eigenvalue weighted by atomic mass is 10.2. The molecule has 0 aliphatic rings. The lowest BCUT2D eigenvalue weighted by Gasteiger charge is -2.20. The Morgan fingerprint density at radius 3 is 2.55 bits per heavy atom. The normalized spacial score (nSPS) is 11.4. The molecule has 0 bridgehead atoms. The summed E-state index contributed by atoms with van der Waals surface area (Å²) < 4.78 is 29.1. The quantitative estimate of drug-likeness (QED) is 0.518. The van der Waals surface area contributed by atoms with Crippen molar-refractivity contribution < 1.29 is 13.2 Å². The number of hydrogen-bond acceptors (Lipinski definition) is 4. The predicted octanol–water partition coefficient (Wildman–Crippen LogP) is 3.80. The molecular formula is C22H25ClN4O3S. The summed E-state index contributed by atoms with van der Waals surface area (Å²) in [6.45, 7) is 5.08. The van der Waals surface area contributed by atoms with E-state index in [1.807, 2.05) is 24.6 Å². The molecule has 164 valence electrons. The fourth-order valence-corrected chi connectivity index (χ4v) is 4.62. The van der Waals surface area contributed by atoms with Gasteiger partial charge in [0.25, 0.3) is 15.9 Å². The minimum absolute atomic E-state index is 0.0327. The number of anilines is 1. The Labute approximate surface area is 187 Å². The number of carbonyl (C=O) groups excluding carboxylic acids is 1. The van der Waals surface area contributed by atoms with E-state index in [-0.39, 0.29) is 16.4 Å². The van der Waals surface area contributed by atoms with Gasteiger partial charge in [0.2, 0.25) is 0 Å². The van der Waals surface area contributed by atoms with Crippen LogP contribution in [0, 0.1) is 13.8 Å². The minimum atomic E-state index is -3.85. The van der Waals surface area contributed by atoms with Crippen LogP contribution in [0.3, 0.4) is 0 Å². The molecule has 0 fully saturated rings. The zero-order chi connectivity index (χ0) is 22.6. The van der Waals surface area contributed by atoms with E-state index in [4.69, 9.17) is 11.6 Å². The molecule has 0 saturated carbocycles. The highest BCUT2D eigenvalue weighted by Gasteiger charge is 2.22. The summed E-state index contributed by atoms with van der Waals surface area (Å²) in [6.07, 6.45) is 0.712. The first-order chi connectivity index (χ1) is 14.7. The van der Waals surface area contributed by atoms with Crippen LogP contribution in [-0.4, -0.2) is 37.7 Å². The smallest absolute Gasteiger partial charge is 0.264 e. The second-order valence-electron chi connectivity index (χ2n) is 7.24. The number of nitrogens with zero attached hydrogens (tertiary/aromatic N) is 3. The van der Waals surface area contributed by atoms with Gasteiger partial charge < -0.3 is 5.32 Å². The zero-order valence-corrected chi connectivity index (χ0v) is 19.2. The van der Waals surface area contributed by atoms with Crippen molar-refractivity contribution in [2.75, 3.05) is 17.9 Å². The largest absolute Gasteiger partial charge is 0.352 e. The third-order valence-electron chi connectivity index (χ3n) is 4.86. The van der Waals surface area contributed by atoms with Gasteiger partial charge in [0.05, 0.1) is 16.3 Å². The Morgan fingerprint density at radius 2 is 1.87 bits per heavy atom. The van der Waals surface area contributed by atoms with Crippen LogP contribution < -0.4 is 9.62 Å². The second kappa shape index (κ2) is 9.53. The summed E-state index contributed by atoms with van der Waals surface area (Å²) in [5, 5.41) is 7.67. The molecule has 0 spiro atoms. The van der Waals surface area contributed by atoms with Crippen LogP contribution in [0.15, 0.2) is 59.5 Å². The first-order valence-electron chi connectivity index (χ1n) is 9.82. The van der Waals surface area contributed by atoms with Crippen molar-refractivity contribution >= 4 is 33.2 Å². The average molecular weight is 461 g/mol. The van der Waals surface area contributed by atoms with E-state index in [1.54, 1.807) is 36.4 Å². The lowest BCUT2D eigenvalue weighted by molar-refractivity contribution is 0.0952. The third kappa shape index (κ3) is 5.45. The number of aryl methyl sites for hydroxylation is 3. The number of aromatic nitrogens is 2. The van der Waals surface area contributed by atoms with Gasteiger partial charge in [-0.3, -0.25) is 13.8 Å². The van der Waals surface area contributed by atoms with Gasteiger partial charge in [-0.2, -0.15) is 5.10 Å². The molecule has 3 aromatic rings. The Bertz CT molecular complexity index is 1190. The van der Waals surface area contributed by atoms with Gasteiger partial charge in [0.1, 0.15) is 0 Å². The van der Waals surface area contributed by atoms with Gasteiger partial charge in [-0.25, -0.2) is 8.42 Å². The van der Waals surface area contributed by atoms with Crippen LogP contribution >= 0.6 is 11.6 Å². The first-order valence-corrected chi connectivity index (χ1v) is 11.6. The van der Waals surface area contributed by atoms with Crippen molar-refractivity contribution in [1.29, 1.82) is 0 Å². The summed E-state index contributed by atoms with van der Waals surface area (Å²) in [5.41, 5.74) is 2.76. The summed E-state index contributed by atoms with van der Waals surface area (Å²) in [7, 11) is -2.39. The van der Waals surface area contributed by atoms with E-state index in [0.717, 1.165) is 15.7 Å². The highest BCUT2D eigenvalue weighted by Crippen LogP contribution is 2.25. The Balaban J connectivity index is 1.66. The minimum Gasteiger partial charge on any atom is -0.352 e. The molecule has 0 atom stereocenters. The lowest BCUT2D eigenvalue weighted by Crippen LogP contribution is -2.28. The van der Waals surface area contributed by atoms with E-state index < -0.39 is 10.0 Å². The third-order valence-corrected chi connectivity index (χ3v) is 6.88. The summed E-state index contributed by atoms with van der Waals surface area (Å²) in [4.78, 5) is 12.6. The van der Waals surface area contributed by atoms with Crippen molar-refractivity contribution in [1.82, 2.24) is 15.1 Å². The Kier molecular flexibility index (Phi) is 7.02. The monoisotopic (exact) mass is 460 g/mol. The van der Waals surface area contributed by atoms with Gasteiger partial charge in [0, 0.05) is 36.4 Å². The molecule has 2 aromatic carbocycles. The van der Waals surface area contributed by atoms with E-state index in [2.05, 4.69) is 10.4 Å². The maximum absolute atomic E-state index is 13.0. The number of sulfonamides is 1. The molecule has 1 aromatic heterocycles. The molecule has 1 heterocycles. The van der Waals surface area contributed by atoms with Gasteiger partial charge >= 0.3 is 0 Å². The topological polar surface area (TPSA) is 84.3 Å². The summed E-state index contributed by atoms with van der Waals surface area (Å²) in [6, 6.07) is 14.6. The number of amides is 1. The molecule has 1 N–H and O–H groups in total. The van der Waals surface area contributed by atoms with Crippen molar-refractivity contribution in [2.24, 2.45) is 0 Å². The van der Waals surface area contributed by atoms with Crippen molar-refractivity contribution in [2.45, 2.75) is 31.7 Å². The second-order valence-corrected chi connectivity index (χ2v) is 9.65. The Hall–Kier alpha value is -2.84. The van der Waals surface area contributed by atoms with Crippen LogP contribution in [0.1, 0.15) is 28.2 Å². The van der Waals surface area contributed by atoms with Gasteiger partial charge in [-0.1, -0.05) is 23.7 Å². The number of hydrogen-bond donors (Lipinski definition) is 1. The van der Waals surface area contributed by atoms with Gasteiger partial charge in [-0.15, -0.1) is 0 Å². The van der Waals surface area contributed by atoms with Crippen LogP contribution in [0.25, 0.3) is 0 Å². The van der Waals surface area contributed by atoms with Crippen LogP contribution in [0.5, 0.6) is 0 Å². The molecule has 7 nitrogen and oxygen atoms in total. The van der Waals surface area contributed by atoms with Crippen molar-refractivity contribution in [3.05, 3.63) is 76.6 Å². The van der Waals surface area contributed by atoms with Crippen molar-refractivity contribution in [3.63, 3.8) is 0 Å². The number of rotatable bonds is 8. The molecule has 31 heavy (non-hydrogen) atoms. The van der Waals surface area contributed by atoms with Crippen LogP contribution in [0.4, 0.5) is 5.69 Å². The van der Waals surface area contributed by atoms with E-state index in [1.165, 1.54) is 19.2 Å². The SMILES string of the molecule is Cc1cc(C)n(CCCNC(=O)c2cccc(S(=O)(=O)N(C)c3cccc(Cl)c3)c2)n1. The maximum Gasteiger partial charge on any atom is 0.264 e. The molecule has 0 aliphatic carbocycles. The molecule has 9 heteroatoms. The van der Waals surface area contributed by atoms with Crippen LogP contribution in [0.2, 0.25) is 5.02 Å². The highest BCUT2D eigenvalue weighted by molar-refractivity contribution is 7.92. The zero-order valence-electron chi connectivity index (χ0n) is 17.7. The summed E-state index contributed by atoms with van der Waals surface area (Å²) >= 11 is 5.98. The molecule has 0 unspecified atom stereocenters.